The van der Waals surface area contributed by atoms with Gasteiger partial charge in [0.05, 0.1) is 43.5 Å². The molecule has 2 heterocycles. The van der Waals surface area contributed by atoms with Gasteiger partial charge in [-0.3, -0.25) is 0 Å². The minimum Gasteiger partial charge on any atom is -0.496 e. The van der Waals surface area contributed by atoms with Crippen molar-refractivity contribution >= 4 is 5.69 Å². The van der Waals surface area contributed by atoms with Crippen LogP contribution < -0.4 is 9.64 Å². The van der Waals surface area contributed by atoms with Crippen molar-refractivity contribution in [3.05, 3.63) is 60.5 Å². The van der Waals surface area contributed by atoms with Gasteiger partial charge in [-0.2, -0.15) is 5.10 Å². The highest BCUT2D eigenvalue weighted by Crippen LogP contribution is 2.33. The lowest BCUT2D eigenvalue weighted by Crippen LogP contribution is -2.36. The molecule has 1 aromatic heterocycles. The fraction of sp³-hybridized carbons (Fsp3) is 0.250. The Kier molecular flexibility index (Phi) is 4.58. The first-order valence-electron chi connectivity index (χ1n) is 8.58. The van der Waals surface area contributed by atoms with E-state index in [0.29, 0.717) is 17.0 Å². The predicted molar refractivity (Wildman–Crippen MR) is 98.5 cm³/mol. The molecule has 5 nitrogen and oxygen atoms in total. The number of hydrogen-bond acceptors (Lipinski definition) is 4. The van der Waals surface area contributed by atoms with E-state index < -0.39 is 0 Å². The van der Waals surface area contributed by atoms with Crippen LogP contribution in [0.15, 0.2) is 54.7 Å². The van der Waals surface area contributed by atoms with E-state index >= 15 is 0 Å². The Bertz CT molecular complexity index is 886. The highest BCUT2D eigenvalue weighted by molar-refractivity contribution is 5.70. The van der Waals surface area contributed by atoms with Crippen molar-refractivity contribution in [2.75, 3.05) is 38.3 Å². The molecule has 2 aromatic carbocycles. The van der Waals surface area contributed by atoms with Crippen LogP contribution in [0.1, 0.15) is 0 Å². The van der Waals surface area contributed by atoms with Crippen LogP contribution >= 0.6 is 0 Å². The van der Waals surface area contributed by atoms with Crippen molar-refractivity contribution in [1.82, 2.24) is 9.78 Å². The molecule has 134 valence electrons. The molecule has 0 unspecified atom stereocenters. The van der Waals surface area contributed by atoms with Crippen LogP contribution in [0.5, 0.6) is 5.75 Å². The lowest BCUT2D eigenvalue weighted by molar-refractivity contribution is 0.122. The van der Waals surface area contributed by atoms with Crippen LogP contribution in [0, 0.1) is 5.82 Å². The zero-order chi connectivity index (χ0) is 17.9. The Morgan fingerprint density at radius 3 is 2.46 bits per heavy atom. The summed E-state index contributed by atoms with van der Waals surface area (Å²) in [5, 5.41) is 4.38. The van der Waals surface area contributed by atoms with E-state index in [-0.39, 0.29) is 5.82 Å². The average Bonchev–Trinajstić information content (AvgIpc) is 3.18. The number of halogens is 1. The SMILES string of the molecule is COc1cccc(F)c1-c1ccnn1-c1ccc(N2CCOCC2)cc1. The molecular formula is C20H20FN3O2. The number of nitrogens with zero attached hydrogens (tertiary/aromatic N) is 3. The zero-order valence-electron chi connectivity index (χ0n) is 14.6. The Morgan fingerprint density at radius 2 is 1.73 bits per heavy atom. The third kappa shape index (κ3) is 3.04. The number of methoxy groups -OCH3 is 1. The first kappa shape index (κ1) is 16.6. The van der Waals surface area contributed by atoms with Crippen molar-refractivity contribution < 1.29 is 13.9 Å². The molecule has 1 aliphatic rings. The summed E-state index contributed by atoms with van der Waals surface area (Å²) in [5.74, 6) is 0.146. The van der Waals surface area contributed by atoms with Crippen LogP contribution in [0.4, 0.5) is 10.1 Å². The summed E-state index contributed by atoms with van der Waals surface area (Å²) in [7, 11) is 1.54. The molecule has 1 fully saturated rings. The fourth-order valence-corrected chi connectivity index (χ4v) is 3.25. The van der Waals surface area contributed by atoms with Crippen LogP contribution in [0.3, 0.4) is 0 Å². The van der Waals surface area contributed by atoms with E-state index in [0.717, 1.165) is 37.7 Å². The minimum atomic E-state index is -0.337. The van der Waals surface area contributed by atoms with Gasteiger partial charge in [0, 0.05) is 18.8 Å². The van der Waals surface area contributed by atoms with Crippen LogP contribution in [-0.2, 0) is 4.74 Å². The molecular weight excluding hydrogens is 333 g/mol. The third-order valence-corrected chi connectivity index (χ3v) is 4.56. The number of benzene rings is 2. The molecule has 3 aromatic rings. The van der Waals surface area contributed by atoms with Gasteiger partial charge < -0.3 is 14.4 Å². The number of ether oxygens (including phenoxy) is 2. The summed E-state index contributed by atoms with van der Waals surface area (Å²) < 4.78 is 26.9. The molecule has 0 spiro atoms. The Labute approximate surface area is 151 Å². The lowest BCUT2D eigenvalue weighted by atomic mass is 10.1. The quantitative estimate of drug-likeness (QED) is 0.719. The fourth-order valence-electron chi connectivity index (χ4n) is 3.25. The molecule has 0 saturated carbocycles. The van der Waals surface area contributed by atoms with Crippen molar-refractivity contribution in [1.29, 1.82) is 0 Å². The van der Waals surface area contributed by atoms with Gasteiger partial charge in [-0.05, 0) is 42.5 Å². The van der Waals surface area contributed by atoms with Gasteiger partial charge in [0.1, 0.15) is 11.6 Å². The second-order valence-electron chi connectivity index (χ2n) is 6.06. The van der Waals surface area contributed by atoms with E-state index in [4.69, 9.17) is 9.47 Å². The molecule has 1 saturated heterocycles. The minimum absolute atomic E-state index is 0.337. The number of anilines is 1. The van der Waals surface area contributed by atoms with Gasteiger partial charge in [0.2, 0.25) is 0 Å². The molecule has 1 aliphatic heterocycles. The molecule has 0 bridgehead atoms. The highest BCUT2D eigenvalue weighted by Gasteiger charge is 2.17. The van der Waals surface area contributed by atoms with Crippen molar-refractivity contribution in [3.63, 3.8) is 0 Å². The summed E-state index contributed by atoms with van der Waals surface area (Å²) >= 11 is 0. The molecule has 0 radical (unpaired) electrons. The van der Waals surface area contributed by atoms with Crippen LogP contribution in [-0.4, -0.2) is 43.2 Å². The third-order valence-electron chi connectivity index (χ3n) is 4.56. The van der Waals surface area contributed by atoms with Gasteiger partial charge in [-0.15, -0.1) is 0 Å². The number of hydrogen-bond donors (Lipinski definition) is 0. The molecule has 4 rings (SSSR count). The molecule has 0 amide bonds. The van der Waals surface area contributed by atoms with Crippen LogP contribution in [0.25, 0.3) is 16.9 Å². The summed E-state index contributed by atoms with van der Waals surface area (Å²) in [4.78, 5) is 2.29. The Morgan fingerprint density at radius 1 is 1.00 bits per heavy atom. The maximum atomic E-state index is 14.5. The molecule has 0 aliphatic carbocycles. The van der Waals surface area contributed by atoms with Crippen molar-refractivity contribution in [3.8, 4) is 22.7 Å². The normalized spacial score (nSPS) is 14.5. The number of rotatable bonds is 4. The zero-order valence-corrected chi connectivity index (χ0v) is 14.6. The van der Waals surface area contributed by atoms with Gasteiger partial charge in [0.25, 0.3) is 0 Å². The van der Waals surface area contributed by atoms with E-state index in [1.807, 2.05) is 12.1 Å². The standard InChI is InChI=1S/C20H20FN3O2/c1-25-19-4-2-3-17(21)20(19)18-9-10-22-24(18)16-7-5-15(6-8-16)23-11-13-26-14-12-23/h2-10H,11-14H2,1H3. The van der Waals surface area contributed by atoms with E-state index in [9.17, 15) is 4.39 Å². The summed E-state index contributed by atoms with van der Waals surface area (Å²) in [6.07, 6.45) is 1.66. The first-order chi connectivity index (χ1) is 12.8. The summed E-state index contributed by atoms with van der Waals surface area (Å²) in [5.41, 5.74) is 3.07. The van der Waals surface area contributed by atoms with E-state index in [2.05, 4.69) is 22.1 Å². The topological polar surface area (TPSA) is 39.5 Å². The van der Waals surface area contributed by atoms with Gasteiger partial charge in [-0.25, -0.2) is 9.07 Å². The van der Waals surface area contributed by atoms with Crippen LogP contribution in [0.2, 0.25) is 0 Å². The molecule has 26 heavy (non-hydrogen) atoms. The smallest absolute Gasteiger partial charge is 0.136 e. The van der Waals surface area contributed by atoms with Gasteiger partial charge in [-0.1, -0.05) is 6.07 Å². The van der Waals surface area contributed by atoms with E-state index in [1.54, 1.807) is 29.1 Å². The maximum Gasteiger partial charge on any atom is 0.136 e. The first-order valence-corrected chi connectivity index (χ1v) is 8.58. The largest absolute Gasteiger partial charge is 0.496 e. The average molecular weight is 353 g/mol. The second-order valence-corrected chi connectivity index (χ2v) is 6.06. The maximum absolute atomic E-state index is 14.5. The molecule has 0 N–H and O–H groups in total. The second kappa shape index (κ2) is 7.17. The summed E-state index contributed by atoms with van der Waals surface area (Å²) in [6.45, 7) is 3.27. The van der Waals surface area contributed by atoms with E-state index in [1.165, 1.54) is 13.2 Å². The van der Waals surface area contributed by atoms with Gasteiger partial charge in [0.15, 0.2) is 0 Å². The number of aromatic nitrogens is 2. The monoisotopic (exact) mass is 353 g/mol. The summed E-state index contributed by atoms with van der Waals surface area (Å²) in [6, 6.07) is 14.7. The molecule has 0 atom stereocenters. The predicted octanol–water partition coefficient (Wildman–Crippen LogP) is 3.52. The van der Waals surface area contributed by atoms with Crippen molar-refractivity contribution in [2.24, 2.45) is 0 Å². The Balaban J connectivity index is 1.69. The Hall–Kier alpha value is -2.86. The highest BCUT2D eigenvalue weighted by atomic mass is 19.1. The lowest BCUT2D eigenvalue weighted by Gasteiger charge is -2.28. The number of morpholine rings is 1. The van der Waals surface area contributed by atoms with Crippen molar-refractivity contribution in [2.45, 2.75) is 0 Å². The van der Waals surface area contributed by atoms with Gasteiger partial charge >= 0.3 is 0 Å². The molecule has 6 heteroatoms.